The summed E-state index contributed by atoms with van der Waals surface area (Å²) in [5.41, 5.74) is 6.00. The predicted molar refractivity (Wildman–Crippen MR) is 70.2 cm³/mol. The van der Waals surface area contributed by atoms with Gasteiger partial charge in [-0.3, -0.25) is 4.79 Å². The minimum atomic E-state index is -0.623. The molecule has 3 nitrogen and oxygen atoms in total. The highest BCUT2D eigenvalue weighted by atomic mass is 35.5. The molecule has 5 heteroatoms. The van der Waals surface area contributed by atoms with Crippen molar-refractivity contribution < 1.29 is 9.18 Å². The van der Waals surface area contributed by atoms with Gasteiger partial charge < -0.3 is 11.1 Å². The summed E-state index contributed by atoms with van der Waals surface area (Å²) in [4.78, 5) is 11.9. The lowest BCUT2D eigenvalue weighted by atomic mass is 10.2. The van der Waals surface area contributed by atoms with Crippen molar-refractivity contribution in [3.63, 3.8) is 0 Å². The third-order valence-electron chi connectivity index (χ3n) is 2.38. The van der Waals surface area contributed by atoms with Crippen LogP contribution in [-0.4, -0.2) is 5.91 Å². The van der Waals surface area contributed by atoms with Crippen LogP contribution in [0.25, 0.3) is 0 Å². The fourth-order valence-corrected chi connectivity index (χ4v) is 1.61. The largest absolute Gasteiger partial charge is 0.396 e. The van der Waals surface area contributed by atoms with E-state index in [1.54, 1.807) is 24.3 Å². The molecule has 0 saturated heterocycles. The third kappa shape index (κ3) is 2.60. The minimum absolute atomic E-state index is 0.00398. The molecular weight excluding hydrogens is 255 g/mol. The molecule has 2 aromatic carbocycles. The van der Waals surface area contributed by atoms with Gasteiger partial charge in [-0.1, -0.05) is 23.7 Å². The molecule has 0 bridgehead atoms. The Balaban J connectivity index is 2.22. The molecule has 0 fully saturated rings. The van der Waals surface area contributed by atoms with Crippen molar-refractivity contribution in [2.24, 2.45) is 0 Å². The zero-order chi connectivity index (χ0) is 13.1. The van der Waals surface area contributed by atoms with E-state index in [2.05, 4.69) is 5.32 Å². The van der Waals surface area contributed by atoms with E-state index in [0.29, 0.717) is 10.7 Å². The standard InChI is InChI=1S/C13H10ClFN2O/c14-9-3-1-2-4-12(9)17-13(18)8-5-6-11(16)10(15)7-8/h1-7H,16H2,(H,17,18). The summed E-state index contributed by atoms with van der Waals surface area (Å²) in [6.45, 7) is 0. The van der Waals surface area contributed by atoms with Gasteiger partial charge in [0.1, 0.15) is 5.82 Å². The van der Waals surface area contributed by atoms with Crippen molar-refractivity contribution in [3.8, 4) is 0 Å². The number of carbonyl (C=O) groups is 1. The van der Waals surface area contributed by atoms with E-state index in [1.165, 1.54) is 12.1 Å². The highest BCUT2D eigenvalue weighted by Crippen LogP contribution is 2.21. The maximum atomic E-state index is 13.2. The quantitative estimate of drug-likeness (QED) is 0.818. The third-order valence-corrected chi connectivity index (χ3v) is 2.71. The minimum Gasteiger partial charge on any atom is -0.396 e. The molecular formula is C13H10ClFN2O. The van der Waals surface area contributed by atoms with Gasteiger partial charge >= 0.3 is 0 Å². The fourth-order valence-electron chi connectivity index (χ4n) is 1.43. The van der Waals surface area contributed by atoms with Crippen LogP contribution in [0.4, 0.5) is 15.8 Å². The molecule has 18 heavy (non-hydrogen) atoms. The number of nitrogens with two attached hydrogens (primary N) is 1. The Morgan fingerprint density at radius 1 is 1.22 bits per heavy atom. The summed E-state index contributed by atoms with van der Waals surface area (Å²) in [5.74, 6) is -1.07. The number of carbonyl (C=O) groups excluding carboxylic acids is 1. The van der Waals surface area contributed by atoms with Crippen LogP contribution in [0.5, 0.6) is 0 Å². The van der Waals surface area contributed by atoms with E-state index in [9.17, 15) is 9.18 Å². The van der Waals surface area contributed by atoms with E-state index in [0.717, 1.165) is 6.07 Å². The van der Waals surface area contributed by atoms with Crippen LogP contribution in [0, 0.1) is 5.82 Å². The molecule has 92 valence electrons. The second kappa shape index (κ2) is 5.06. The fraction of sp³-hybridized carbons (Fsp3) is 0. The van der Waals surface area contributed by atoms with Crippen LogP contribution in [0.2, 0.25) is 5.02 Å². The molecule has 0 saturated carbocycles. The summed E-state index contributed by atoms with van der Waals surface area (Å²) >= 11 is 5.90. The molecule has 0 aliphatic carbocycles. The molecule has 3 N–H and O–H groups in total. The second-order valence-electron chi connectivity index (χ2n) is 3.67. The Kier molecular flexibility index (Phi) is 3.48. The number of halogens is 2. The average molecular weight is 265 g/mol. The van der Waals surface area contributed by atoms with Crippen molar-refractivity contribution in [1.82, 2.24) is 0 Å². The van der Waals surface area contributed by atoms with Gasteiger partial charge in [0.15, 0.2) is 0 Å². The first-order chi connectivity index (χ1) is 8.58. The van der Waals surface area contributed by atoms with Crippen LogP contribution >= 0.6 is 11.6 Å². The molecule has 0 radical (unpaired) electrons. The lowest BCUT2D eigenvalue weighted by molar-refractivity contribution is 0.102. The molecule has 2 aromatic rings. The Hall–Kier alpha value is -2.07. The Morgan fingerprint density at radius 3 is 2.61 bits per heavy atom. The van der Waals surface area contributed by atoms with E-state index < -0.39 is 11.7 Å². The molecule has 0 atom stereocenters. The first-order valence-corrected chi connectivity index (χ1v) is 5.56. The number of hydrogen-bond donors (Lipinski definition) is 2. The average Bonchev–Trinajstić information content (AvgIpc) is 2.35. The second-order valence-corrected chi connectivity index (χ2v) is 4.08. The lowest BCUT2D eigenvalue weighted by Gasteiger charge is -2.07. The smallest absolute Gasteiger partial charge is 0.255 e. The van der Waals surface area contributed by atoms with Crippen molar-refractivity contribution in [3.05, 3.63) is 58.9 Å². The molecule has 0 aliphatic heterocycles. The van der Waals surface area contributed by atoms with Gasteiger partial charge in [0.05, 0.1) is 16.4 Å². The number of anilines is 2. The Labute approximate surface area is 108 Å². The topological polar surface area (TPSA) is 55.1 Å². The van der Waals surface area contributed by atoms with Crippen LogP contribution in [0.3, 0.4) is 0 Å². The van der Waals surface area contributed by atoms with E-state index in [4.69, 9.17) is 17.3 Å². The van der Waals surface area contributed by atoms with Gasteiger partial charge in [0.25, 0.3) is 5.91 Å². The monoisotopic (exact) mass is 264 g/mol. The number of para-hydroxylation sites is 1. The maximum Gasteiger partial charge on any atom is 0.255 e. The van der Waals surface area contributed by atoms with Gasteiger partial charge in [-0.15, -0.1) is 0 Å². The number of nitrogens with one attached hydrogen (secondary N) is 1. The summed E-state index contributed by atoms with van der Waals surface area (Å²) in [6.07, 6.45) is 0. The Morgan fingerprint density at radius 2 is 1.94 bits per heavy atom. The number of amides is 1. The van der Waals surface area contributed by atoms with Gasteiger partial charge in [-0.2, -0.15) is 0 Å². The zero-order valence-corrected chi connectivity index (χ0v) is 10.0. The van der Waals surface area contributed by atoms with E-state index in [-0.39, 0.29) is 11.3 Å². The number of benzene rings is 2. The molecule has 2 rings (SSSR count). The number of nitrogen functional groups attached to an aromatic ring is 1. The molecule has 0 unspecified atom stereocenters. The number of rotatable bonds is 2. The van der Waals surface area contributed by atoms with Crippen LogP contribution in [-0.2, 0) is 0 Å². The normalized spacial score (nSPS) is 10.1. The van der Waals surface area contributed by atoms with Crippen molar-refractivity contribution in [2.45, 2.75) is 0 Å². The zero-order valence-electron chi connectivity index (χ0n) is 9.28. The first kappa shape index (κ1) is 12.4. The highest BCUT2D eigenvalue weighted by molar-refractivity contribution is 6.33. The summed E-state index contributed by atoms with van der Waals surface area (Å²) < 4.78 is 13.2. The first-order valence-electron chi connectivity index (χ1n) is 5.19. The predicted octanol–water partition coefficient (Wildman–Crippen LogP) is 3.31. The highest BCUT2D eigenvalue weighted by Gasteiger charge is 2.10. The van der Waals surface area contributed by atoms with Crippen molar-refractivity contribution in [1.29, 1.82) is 0 Å². The van der Waals surface area contributed by atoms with Crippen molar-refractivity contribution in [2.75, 3.05) is 11.1 Å². The molecule has 1 amide bonds. The molecule has 0 aliphatic rings. The van der Waals surface area contributed by atoms with Crippen LogP contribution in [0.15, 0.2) is 42.5 Å². The molecule has 0 heterocycles. The summed E-state index contributed by atoms with van der Waals surface area (Å²) in [6, 6.07) is 10.7. The SMILES string of the molecule is Nc1ccc(C(=O)Nc2ccccc2Cl)cc1F. The van der Waals surface area contributed by atoms with Gasteiger partial charge in [-0.05, 0) is 30.3 Å². The van der Waals surface area contributed by atoms with Crippen LogP contribution < -0.4 is 11.1 Å². The maximum absolute atomic E-state index is 13.2. The van der Waals surface area contributed by atoms with Gasteiger partial charge in [-0.25, -0.2) is 4.39 Å². The molecule has 0 aromatic heterocycles. The van der Waals surface area contributed by atoms with Crippen molar-refractivity contribution >= 4 is 28.9 Å². The summed E-state index contributed by atoms with van der Waals surface area (Å²) in [7, 11) is 0. The molecule has 0 spiro atoms. The van der Waals surface area contributed by atoms with E-state index in [1.807, 2.05) is 0 Å². The van der Waals surface area contributed by atoms with E-state index >= 15 is 0 Å². The Bertz CT molecular complexity index is 601. The van der Waals surface area contributed by atoms with Gasteiger partial charge in [0, 0.05) is 5.56 Å². The van der Waals surface area contributed by atoms with Gasteiger partial charge in [0.2, 0.25) is 0 Å². The lowest BCUT2D eigenvalue weighted by Crippen LogP contribution is -2.12. The number of hydrogen-bond acceptors (Lipinski definition) is 2. The van der Waals surface area contributed by atoms with Crippen LogP contribution in [0.1, 0.15) is 10.4 Å². The summed E-state index contributed by atoms with van der Waals surface area (Å²) in [5, 5.41) is 3.01.